The SMILES string of the molecule is CCCCCCCCCC(=O)O[C@H](OC(=O)OC(C(=O)OC1CCCCCC1)(c1ccccc1)c1ccccc1)c1ccccc1. The van der Waals surface area contributed by atoms with Crippen LogP contribution in [0, 0.1) is 0 Å². The first-order valence-electron chi connectivity index (χ1n) is 17.0. The number of rotatable bonds is 16. The molecule has 4 rings (SSSR count). The highest BCUT2D eigenvalue weighted by Gasteiger charge is 2.49. The molecular weight excluding hydrogens is 580 g/mol. The Balaban J connectivity index is 1.56. The third kappa shape index (κ3) is 10.2. The molecule has 0 radical (unpaired) electrons. The molecule has 1 saturated carbocycles. The van der Waals surface area contributed by atoms with E-state index in [9.17, 15) is 14.4 Å². The van der Waals surface area contributed by atoms with Gasteiger partial charge < -0.3 is 18.9 Å². The maximum Gasteiger partial charge on any atom is 0.513 e. The molecule has 3 aromatic carbocycles. The number of hydrogen-bond donors (Lipinski definition) is 0. The molecule has 1 aliphatic carbocycles. The number of hydrogen-bond acceptors (Lipinski definition) is 7. The average molecular weight is 629 g/mol. The zero-order chi connectivity index (χ0) is 32.5. The topological polar surface area (TPSA) is 88.1 Å². The van der Waals surface area contributed by atoms with Crippen LogP contribution in [-0.4, -0.2) is 24.2 Å². The lowest BCUT2D eigenvalue weighted by Gasteiger charge is -2.33. The molecule has 0 unspecified atom stereocenters. The Bertz CT molecular complexity index is 1280. The van der Waals surface area contributed by atoms with Crippen LogP contribution in [-0.2, 0) is 34.1 Å². The lowest BCUT2D eigenvalue weighted by atomic mass is 9.86. The van der Waals surface area contributed by atoms with Crippen molar-refractivity contribution in [3.05, 3.63) is 108 Å². The molecule has 0 aromatic heterocycles. The predicted molar refractivity (Wildman–Crippen MR) is 177 cm³/mol. The average Bonchev–Trinajstić information content (AvgIpc) is 3.36. The highest BCUT2D eigenvalue weighted by atomic mass is 16.8. The minimum absolute atomic E-state index is 0.210. The van der Waals surface area contributed by atoms with Crippen molar-refractivity contribution in [2.24, 2.45) is 0 Å². The Morgan fingerprint density at radius 3 is 1.76 bits per heavy atom. The number of carbonyl (C=O) groups excluding carboxylic acids is 3. The summed E-state index contributed by atoms with van der Waals surface area (Å²) in [5.74, 6) is -1.17. The van der Waals surface area contributed by atoms with Crippen molar-refractivity contribution in [1.82, 2.24) is 0 Å². The van der Waals surface area contributed by atoms with E-state index >= 15 is 0 Å². The molecule has 7 heteroatoms. The second-order valence-corrected chi connectivity index (χ2v) is 12.0. The van der Waals surface area contributed by atoms with Crippen LogP contribution in [0.1, 0.15) is 120 Å². The lowest BCUT2D eigenvalue weighted by molar-refractivity contribution is -0.184. The fraction of sp³-hybridized carbons (Fsp3) is 0.462. The molecule has 246 valence electrons. The molecule has 7 nitrogen and oxygen atoms in total. The standard InChI is InChI=1S/C39H48O7/c1-2-3-4-5-6-7-21-30-35(40)44-36(31-22-13-10-14-23-31)45-38(42)46-39(32-24-15-11-16-25-32,33-26-17-12-18-27-33)37(41)43-34-28-19-8-9-20-29-34/h10-18,22-27,34,36H,2-9,19-21,28-30H2,1H3/t36-/m1/s1. The normalized spacial score (nSPS) is 14.5. The van der Waals surface area contributed by atoms with Crippen LogP contribution in [0.4, 0.5) is 4.79 Å². The first kappa shape index (κ1) is 34.7. The number of ether oxygens (including phenoxy) is 4. The third-order valence-electron chi connectivity index (χ3n) is 8.46. The van der Waals surface area contributed by atoms with Gasteiger partial charge in [0.2, 0.25) is 0 Å². The maximum absolute atomic E-state index is 14.3. The van der Waals surface area contributed by atoms with E-state index in [1.54, 1.807) is 72.8 Å². The molecule has 1 atom stereocenters. The van der Waals surface area contributed by atoms with Gasteiger partial charge in [-0.2, -0.15) is 0 Å². The van der Waals surface area contributed by atoms with Gasteiger partial charge in [-0.1, -0.05) is 149 Å². The number of benzene rings is 3. The van der Waals surface area contributed by atoms with E-state index in [4.69, 9.17) is 18.9 Å². The maximum atomic E-state index is 14.3. The van der Waals surface area contributed by atoms with E-state index in [-0.39, 0.29) is 12.5 Å². The molecular formula is C39H48O7. The van der Waals surface area contributed by atoms with E-state index in [1.807, 2.05) is 18.2 Å². The number of carbonyl (C=O) groups is 3. The summed E-state index contributed by atoms with van der Waals surface area (Å²) in [6, 6.07) is 26.4. The van der Waals surface area contributed by atoms with Gasteiger partial charge in [-0.05, 0) is 32.1 Å². The highest BCUT2D eigenvalue weighted by molar-refractivity contribution is 5.88. The van der Waals surface area contributed by atoms with Crippen molar-refractivity contribution in [3.8, 4) is 0 Å². The van der Waals surface area contributed by atoms with Gasteiger partial charge in [0.25, 0.3) is 11.9 Å². The molecule has 0 amide bonds. The molecule has 1 aliphatic rings. The van der Waals surface area contributed by atoms with E-state index in [0.29, 0.717) is 23.1 Å². The van der Waals surface area contributed by atoms with E-state index in [2.05, 4.69) is 6.92 Å². The minimum atomic E-state index is -1.95. The fourth-order valence-electron chi connectivity index (χ4n) is 5.91. The van der Waals surface area contributed by atoms with Crippen LogP contribution >= 0.6 is 0 Å². The summed E-state index contributed by atoms with van der Waals surface area (Å²) in [5.41, 5.74) is -0.638. The van der Waals surface area contributed by atoms with Crippen LogP contribution in [0.3, 0.4) is 0 Å². The van der Waals surface area contributed by atoms with Gasteiger partial charge >= 0.3 is 18.1 Å². The van der Waals surface area contributed by atoms with Gasteiger partial charge in [0.05, 0.1) is 0 Å². The lowest BCUT2D eigenvalue weighted by Crippen LogP contribution is -2.45. The molecule has 1 fully saturated rings. The Hall–Kier alpha value is -4.13. The van der Waals surface area contributed by atoms with Gasteiger partial charge in [-0.25, -0.2) is 9.59 Å². The molecule has 0 heterocycles. The predicted octanol–water partition coefficient (Wildman–Crippen LogP) is 9.73. The zero-order valence-electron chi connectivity index (χ0n) is 27.1. The summed E-state index contributed by atoms with van der Waals surface area (Å²) >= 11 is 0. The van der Waals surface area contributed by atoms with E-state index in [0.717, 1.165) is 57.8 Å². The van der Waals surface area contributed by atoms with Gasteiger partial charge in [-0.15, -0.1) is 0 Å². The molecule has 0 spiro atoms. The van der Waals surface area contributed by atoms with Crippen LogP contribution in [0.15, 0.2) is 91.0 Å². The number of unbranched alkanes of at least 4 members (excludes halogenated alkanes) is 6. The summed E-state index contributed by atoms with van der Waals surface area (Å²) in [7, 11) is 0. The van der Waals surface area contributed by atoms with Gasteiger partial charge in [0.15, 0.2) is 0 Å². The molecule has 0 aliphatic heterocycles. The second-order valence-electron chi connectivity index (χ2n) is 12.0. The quantitative estimate of drug-likeness (QED) is 0.0513. The summed E-state index contributed by atoms with van der Waals surface area (Å²) in [6.45, 7) is 2.19. The monoisotopic (exact) mass is 628 g/mol. The molecule has 0 N–H and O–H groups in total. The molecule has 0 saturated heterocycles. The Morgan fingerprint density at radius 1 is 0.674 bits per heavy atom. The fourth-order valence-corrected chi connectivity index (χ4v) is 5.91. The first-order valence-corrected chi connectivity index (χ1v) is 17.0. The summed E-state index contributed by atoms with van der Waals surface area (Å²) < 4.78 is 23.6. The van der Waals surface area contributed by atoms with Crippen LogP contribution < -0.4 is 0 Å². The van der Waals surface area contributed by atoms with Crippen LogP contribution in [0.5, 0.6) is 0 Å². The largest absolute Gasteiger partial charge is 0.513 e. The summed E-state index contributed by atoms with van der Waals surface area (Å²) in [4.78, 5) is 41.0. The summed E-state index contributed by atoms with van der Waals surface area (Å²) in [5, 5.41) is 0. The van der Waals surface area contributed by atoms with Crippen molar-refractivity contribution < 1.29 is 33.3 Å². The molecule has 0 bridgehead atoms. The molecule has 3 aromatic rings. The van der Waals surface area contributed by atoms with Crippen molar-refractivity contribution in [1.29, 1.82) is 0 Å². The molecule has 46 heavy (non-hydrogen) atoms. The Kier molecular flexibility index (Phi) is 14.2. The van der Waals surface area contributed by atoms with Crippen LogP contribution in [0.25, 0.3) is 0 Å². The van der Waals surface area contributed by atoms with Gasteiger partial charge in [-0.3, -0.25) is 4.79 Å². The number of esters is 2. The van der Waals surface area contributed by atoms with Crippen molar-refractivity contribution in [3.63, 3.8) is 0 Å². The summed E-state index contributed by atoms with van der Waals surface area (Å²) in [6.07, 6.45) is 10.5. The smallest absolute Gasteiger partial charge is 0.459 e. The van der Waals surface area contributed by atoms with Crippen molar-refractivity contribution in [2.75, 3.05) is 0 Å². The van der Waals surface area contributed by atoms with E-state index in [1.165, 1.54) is 19.3 Å². The van der Waals surface area contributed by atoms with Crippen molar-refractivity contribution >= 4 is 18.1 Å². The second kappa shape index (κ2) is 18.7. The van der Waals surface area contributed by atoms with Gasteiger partial charge in [0.1, 0.15) is 6.10 Å². The van der Waals surface area contributed by atoms with Crippen molar-refractivity contribution in [2.45, 2.75) is 115 Å². The van der Waals surface area contributed by atoms with Gasteiger partial charge in [0, 0.05) is 23.1 Å². The Morgan fingerprint density at radius 2 is 1.20 bits per heavy atom. The highest BCUT2D eigenvalue weighted by Crippen LogP contribution is 2.38. The zero-order valence-corrected chi connectivity index (χ0v) is 27.1. The Labute approximate surface area is 273 Å². The van der Waals surface area contributed by atoms with E-state index < -0.39 is 30.0 Å². The van der Waals surface area contributed by atoms with Crippen LogP contribution in [0.2, 0.25) is 0 Å². The minimum Gasteiger partial charge on any atom is -0.459 e. The third-order valence-corrected chi connectivity index (χ3v) is 8.46. The first-order chi connectivity index (χ1) is 22.5.